The third-order valence-corrected chi connectivity index (χ3v) is 5.30. The summed E-state index contributed by atoms with van der Waals surface area (Å²) in [6.07, 6.45) is 2.55. The van der Waals surface area contributed by atoms with Crippen molar-refractivity contribution < 1.29 is 14.8 Å². The number of rotatable bonds is 2. The summed E-state index contributed by atoms with van der Waals surface area (Å²) in [4.78, 5) is 12.8. The van der Waals surface area contributed by atoms with Crippen molar-refractivity contribution in [2.75, 3.05) is 13.1 Å². The Morgan fingerprint density at radius 1 is 1.33 bits per heavy atom. The lowest BCUT2D eigenvalue weighted by Crippen LogP contribution is -2.86. The second kappa shape index (κ2) is 4.94. The van der Waals surface area contributed by atoms with Gasteiger partial charge in [0, 0.05) is 28.6 Å². The van der Waals surface area contributed by atoms with Crippen LogP contribution < -0.4 is 5.32 Å². The van der Waals surface area contributed by atoms with Gasteiger partial charge in [-0.2, -0.15) is 0 Å². The molecule has 0 aromatic heterocycles. The van der Waals surface area contributed by atoms with E-state index >= 15 is 0 Å². The van der Waals surface area contributed by atoms with Gasteiger partial charge < -0.3 is 10.1 Å². The third-order valence-electron chi connectivity index (χ3n) is 3.80. The number of esters is 1. The summed E-state index contributed by atoms with van der Waals surface area (Å²) >= 11 is 1.97. The zero-order valence-electron chi connectivity index (χ0n) is 10.6. The van der Waals surface area contributed by atoms with E-state index in [0.29, 0.717) is 6.61 Å². The Labute approximate surface area is 111 Å². The lowest BCUT2D eigenvalue weighted by Gasteiger charge is -2.21. The van der Waals surface area contributed by atoms with Crippen LogP contribution in [0.3, 0.4) is 0 Å². The van der Waals surface area contributed by atoms with Crippen molar-refractivity contribution in [3.63, 3.8) is 0 Å². The maximum atomic E-state index is 11.5. The first kappa shape index (κ1) is 12.1. The lowest BCUT2D eigenvalue weighted by atomic mass is 10.0. The van der Waals surface area contributed by atoms with Gasteiger partial charge >= 0.3 is 5.97 Å². The van der Waals surface area contributed by atoms with Crippen LogP contribution in [0.25, 0.3) is 0 Å². The molecule has 0 atom stereocenters. The predicted octanol–water partition coefficient (Wildman–Crippen LogP) is 1.48. The van der Waals surface area contributed by atoms with Crippen molar-refractivity contribution in [2.45, 2.75) is 36.5 Å². The highest BCUT2D eigenvalue weighted by Gasteiger charge is 2.25. The summed E-state index contributed by atoms with van der Waals surface area (Å²) in [5.41, 5.74) is 3.08. The maximum absolute atomic E-state index is 11.5. The number of hydrogen-bond donors (Lipinski definition) is 1. The van der Waals surface area contributed by atoms with Gasteiger partial charge in [0.25, 0.3) is 0 Å². The molecule has 0 saturated carbocycles. The number of carbonyl (C=O) groups is 1. The molecular formula is C14H18NO2S+. The highest BCUT2D eigenvalue weighted by atomic mass is 32.2. The largest absolute Gasteiger partial charge is 0.457 e. The zero-order valence-corrected chi connectivity index (χ0v) is 11.4. The number of piperidine rings is 1. The first-order valence-electron chi connectivity index (χ1n) is 6.53. The second-order valence-electron chi connectivity index (χ2n) is 4.97. The lowest BCUT2D eigenvalue weighted by molar-refractivity contribution is -0.661. The minimum absolute atomic E-state index is 0.170. The molecule has 18 heavy (non-hydrogen) atoms. The quantitative estimate of drug-likeness (QED) is 0.823. The Balaban J connectivity index is 1.83. The molecule has 0 aliphatic carbocycles. The number of fused-ring (bicyclic) bond motifs is 1. The Morgan fingerprint density at radius 3 is 2.89 bits per heavy atom. The van der Waals surface area contributed by atoms with Crippen LogP contribution in [0, 0.1) is 6.92 Å². The van der Waals surface area contributed by atoms with Crippen LogP contribution in [0.5, 0.6) is 0 Å². The first-order valence-corrected chi connectivity index (χ1v) is 7.41. The third kappa shape index (κ3) is 2.15. The van der Waals surface area contributed by atoms with Gasteiger partial charge in [-0.25, -0.2) is 4.79 Å². The molecule has 3 nitrogen and oxygen atoms in total. The molecule has 96 valence electrons. The minimum Gasteiger partial charge on any atom is -0.457 e. The van der Waals surface area contributed by atoms with E-state index in [1.165, 1.54) is 36.4 Å². The van der Waals surface area contributed by atoms with Crippen LogP contribution in [-0.4, -0.2) is 24.3 Å². The van der Waals surface area contributed by atoms with Gasteiger partial charge in [0.1, 0.15) is 6.61 Å². The SMILES string of the molecule is Cc1c(SC2CC[NH2+]CC2)ccc2c1COC2=O. The molecule has 1 fully saturated rings. The molecule has 2 heterocycles. The molecule has 1 aromatic rings. The number of ether oxygens (including phenoxy) is 1. The summed E-state index contributed by atoms with van der Waals surface area (Å²) in [6.45, 7) is 5.04. The van der Waals surface area contributed by atoms with Crippen LogP contribution in [-0.2, 0) is 11.3 Å². The van der Waals surface area contributed by atoms with Crippen LogP contribution in [0.1, 0.15) is 34.3 Å². The van der Waals surface area contributed by atoms with Gasteiger partial charge in [-0.15, -0.1) is 11.8 Å². The molecule has 1 aromatic carbocycles. The van der Waals surface area contributed by atoms with E-state index in [4.69, 9.17) is 4.74 Å². The number of quaternary nitrogens is 1. The van der Waals surface area contributed by atoms with E-state index in [9.17, 15) is 4.79 Å². The molecule has 1 saturated heterocycles. The molecule has 4 heteroatoms. The van der Waals surface area contributed by atoms with E-state index in [2.05, 4.69) is 18.3 Å². The molecule has 2 N–H and O–H groups in total. The number of nitrogens with two attached hydrogens (primary N) is 1. The topological polar surface area (TPSA) is 42.9 Å². The Kier molecular flexibility index (Phi) is 3.31. The molecule has 3 rings (SSSR count). The van der Waals surface area contributed by atoms with Crippen LogP contribution in [0.2, 0.25) is 0 Å². The standard InChI is InChI=1S/C14H17NO2S/c1-9-12-8-17-14(16)11(12)2-3-13(9)18-10-4-6-15-7-5-10/h2-3,10,15H,4-8H2,1H3/p+1. The molecular weight excluding hydrogens is 246 g/mol. The highest BCUT2D eigenvalue weighted by Crippen LogP contribution is 2.35. The minimum atomic E-state index is -0.170. The fourth-order valence-electron chi connectivity index (χ4n) is 2.65. The Hall–Kier alpha value is -1.00. The number of hydrogen-bond acceptors (Lipinski definition) is 3. The van der Waals surface area contributed by atoms with Crippen molar-refractivity contribution in [1.82, 2.24) is 0 Å². The van der Waals surface area contributed by atoms with Gasteiger partial charge in [-0.3, -0.25) is 0 Å². The normalized spacial score (nSPS) is 19.7. The molecule has 0 spiro atoms. The van der Waals surface area contributed by atoms with Gasteiger partial charge in [0.05, 0.1) is 18.7 Å². The van der Waals surface area contributed by atoms with E-state index < -0.39 is 0 Å². The summed E-state index contributed by atoms with van der Waals surface area (Å²) < 4.78 is 5.10. The number of benzene rings is 1. The van der Waals surface area contributed by atoms with Gasteiger partial charge in [0.15, 0.2) is 0 Å². The monoisotopic (exact) mass is 264 g/mol. The van der Waals surface area contributed by atoms with Crippen molar-refractivity contribution in [3.8, 4) is 0 Å². The van der Waals surface area contributed by atoms with Crippen molar-refractivity contribution >= 4 is 17.7 Å². The van der Waals surface area contributed by atoms with Gasteiger partial charge in [-0.1, -0.05) is 0 Å². The van der Waals surface area contributed by atoms with Gasteiger partial charge in [0.2, 0.25) is 0 Å². The van der Waals surface area contributed by atoms with E-state index in [1.807, 2.05) is 17.8 Å². The average molecular weight is 264 g/mol. The van der Waals surface area contributed by atoms with Crippen molar-refractivity contribution in [1.29, 1.82) is 0 Å². The van der Waals surface area contributed by atoms with E-state index in [-0.39, 0.29) is 5.97 Å². The summed E-state index contributed by atoms with van der Waals surface area (Å²) in [6, 6.07) is 4.01. The number of cyclic esters (lactones) is 1. The fourth-order valence-corrected chi connectivity index (χ4v) is 3.96. The van der Waals surface area contributed by atoms with Crippen LogP contribution in [0.4, 0.5) is 0 Å². The van der Waals surface area contributed by atoms with E-state index in [0.717, 1.165) is 16.4 Å². The zero-order chi connectivity index (χ0) is 12.5. The van der Waals surface area contributed by atoms with Gasteiger partial charge in [-0.05, 0) is 24.6 Å². The fraction of sp³-hybridized carbons (Fsp3) is 0.500. The molecule has 0 amide bonds. The summed E-state index contributed by atoms with van der Waals surface area (Å²) in [7, 11) is 0. The highest BCUT2D eigenvalue weighted by molar-refractivity contribution is 8.00. The first-order chi connectivity index (χ1) is 8.75. The molecule has 0 unspecified atom stereocenters. The Morgan fingerprint density at radius 2 is 2.11 bits per heavy atom. The number of carbonyl (C=O) groups excluding carboxylic acids is 1. The average Bonchev–Trinajstić information content (AvgIpc) is 2.77. The molecule has 0 bridgehead atoms. The predicted molar refractivity (Wildman–Crippen MR) is 70.8 cm³/mol. The molecule has 2 aliphatic rings. The molecule has 0 radical (unpaired) electrons. The summed E-state index contributed by atoms with van der Waals surface area (Å²) in [5, 5.41) is 3.11. The van der Waals surface area contributed by atoms with Crippen LogP contribution >= 0.6 is 11.8 Å². The second-order valence-corrected chi connectivity index (χ2v) is 6.32. The smallest absolute Gasteiger partial charge is 0.338 e. The van der Waals surface area contributed by atoms with Crippen molar-refractivity contribution in [2.24, 2.45) is 0 Å². The van der Waals surface area contributed by atoms with E-state index in [1.54, 1.807) is 0 Å². The number of thioether (sulfide) groups is 1. The molecule has 2 aliphatic heterocycles. The van der Waals surface area contributed by atoms with Crippen LogP contribution in [0.15, 0.2) is 17.0 Å². The Bertz CT molecular complexity index is 481. The van der Waals surface area contributed by atoms with Crippen molar-refractivity contribution in [3.05, 3.63) is 28.8 Å². The maximum Gasteiger partial charge on any atom is 0.338 e. The summed E-state index contributed by atoms with van der Waals surface area (Å²) in [5.74, 6) is -0.170.